The lowest BCUT2D eigenvalue weighted by Gasteiger charge is -2.35. The normalized spacial score (nSPS) is 21.2. The number of aliphatic hydroxyl groups is 1. The zero-order valence-corrected chi connectivity index (χ0v) is 32.5. The first-order chi connectivity index (χ1) is 25.1. The van der Waals surface area contributed by atoms with E-state index < -0.39 is 0 Å². The molecule has 6 rings (SSSR count). The van der Waals surface area contributed by atoms with E-state index >= 15 is 0 Å². The molecule has 2 saturated heterocycles. The Morgan fingerprint density at radius 1 is 0.811 bits per heavy atom. The zero-order valence-electron chi connectivity index (χ0n) is 32.5. The van der Waals surface area contributed by atoms with Crippen LogP contribution < -0.4 is 23.8 Å². The number of hydrogen-bond donors (Lipinski definition) is 1. The summed E-state index contributed by atoms with van der Waals surface area (Å²) >= 11 is 0. The molecule has 1 N–H and O–H groups in total. The van der Waals surface area contributed by atoms with E-state index in [1.165, 1.54) is 0 Å². The molecule has 2 aromatic carbocycles. The van der Waals surface area contributed by atoms with Crippen molar-refractivity contribution in [3.05, 3.63) is 59.7 Å². The van der Waals surface area contributed by atoms with Gasteiger partial charge in [-0.15, -0.1) is 0 Å². The SMILES string of the molecule is C=C1CC2C=Nc3cc(OCC(C)(C)CCC(C)(C)CCOc4cc5c(cc4OC)C(=O)N4CC(=C)CC4[C@H](CCO)N5C)c(OC)cc3C(=O)N2C1. The van der Waals surface area contributed by atoms with Gasteiger partial charge in [0.2, 0.25) is 0 Å². The minimum atomic E-state index is -0.152. The van der Waals surface area contributed by atoms with Gasteiger partial charge in [-0.1, -0.05) is 52.0 Å². The summed E-state index contributed by atoms with van der Waals surface area (Å²) in [6, 6.07) is 7.09. The van der Waals surface area contributed by atoms with Gasteiger partial charge in [-0.25, -0.2) is 0 Å². The Morgan fingerprint density at radius 2 is 1.43 bits per heavy atom. The van der Waals surface area contributed by atoms with Gasteiger partial charge in [0, 0.05) is 45.1 Å². The molecule has 11 nitrogen and oxygen atoms in total. The molecule has 0 aliphatic carbocycles. The number of methoxy groups -OCH3 is 2. The fraction of sp³-hybridized carbons (Fsp3) is 0.548. The summed E-state index contributed by atoms with van der Waals surface area (Å²) in [6.07, 6.45) is 6.50. The maximum absolute atomic E-state index is 13.8. The Kier molecular flexibility index (Phi) is 10.9. The molecular formula is C42H56N4O7. The first kappa shape index (κ1) is 38.2. The largest absolute Gasteiger partial charge is 0.493 e. The van der Waals surface area contributed by atoms with Crippen LogP contribution in [0.2, 0.25) is 0 Å². The Labute approximate surface area is 314 Å². The predicted molar refractivity (Wildman–Crippen MR) is 208 cm³/mol. The molecule has 0 radical (unpaired) electrons. The highest BCUT2D eigenvalue weighted by Crippen LogP contribution is 2.43. The van der Waals surface area contributed by atoms with E-state index in [2.05, 4.69) is 50.7 Å². The van der Waals surface area contributed by atoms with Crippen molar-refractivity contribution in [2.24, 2.45) is 15.8 Å². The number of rotatable bonds is 14. The third-order valence-electron chi connectivity index (χ3n) is 11.4. The summed E-state index contributed by atoms with van der Waals surface area (Å²) in [4.78, 5) is 37.6. The average Bonchev–Trinajstić information content (AvgIpc) is 3.66. The molecule has 2 unspecified atom stereocenters. The van der Waals surface area contributed by atoms with Gasteiger partial charge in [-0.05, 0) is 61.5 Å². The number of carbonyl (C=O) groups excluding carboxylic acids is 2. The fourth-order valence-corrected chi connectivity index (χ4v) is 7.98. The third-order valence-corrected chi connectivity index (χ3v) is 11.4. The van der Waals surface area contributed by atoms with Crippen molar-refractivity contribution in [2.45, 2.75) is 84.3 Å². The molecule has 2 amide bonds. The maximum Gasteiger partial charge on any atom is 0.257 e. The van der Waals surface area contributed by atoms with Gasteiger partial charge in [-0.2, -0.15) is 0 Å². The smallest absolute Gasteiger partial charge is 0.257 e. The number of hydrogen-bond acceptors (Lipinski definition) is 9. The number of fused-ring (bicyclic) bond motifs is 4. The number of benzene rings is 2. The molecule has 2 fully saturated rings. The number of aliphatic hydroxyl groups excluding tert-OH is 1. The van der Waals surface area contributed by atoms with Crippen LogP contribution in [0.4, 0.5) is 11.4 Å². The van der Waals surface area contributed by atoms with E-state index in [0.717, 1.165) is 48.9 Å². The number of anilines is 1. The van der Waals surface area contributed by atoms with Crippen molar-refractivity contribution in [1.82, 2.24) is 9.80 Å². The van der Waals surface area contributed by atoms with E-state index in [1.54, 1.807) is 26.4 Å². The average molecular weight is 729 g/mol. The Morgan fingerprint density at radius 3 is 2.13 bits per heavy atom. The molecule has 0 bridgehead atoms. The summed E-state index contributed by atoms with van der Waals surface area (Å²) < 4.78 is 24.2. The molecule has 286 valence electrons. The second-order valence-electron chi connectivity index (χ2n) is 16.6. The monoisotopic (exact) mass is 728 g/mol. The van der Waals surface area contributed by atoms with Crippen molar-refractivity contribution in [1.29, 1.82) is 0 Å². The van der Waals surface area contributed by atoms with Gasteiger partial charge in [0.1, 0.15) is 0 Å². The van der Waals surface area contributed by atoms with Crippen LogP contribution in [0, 0.1) is 10.8 Å². The molecule has 11 heteroatoms. The number of nitrogens with zero attached hydrogens (tertiary/aromatic N) is 4. The van der Waals surface area contributed by atoms with Crippen LogP contribution in [0.3, 0.4) is 0 Å². The summed E-state index contributed by atoms with van der Waals surface area (Å²) in [5.41, 5.74) is 4.32. The minimum Gasteiger partial charge on any atom is -0.493 e. The Hall–Kier alpha value is -4.51. The lowest BCUT2D eigenvalue weighted by Crippen LogP contribution is -2.47. The third kappa shape index (κ3) is 7.91. The second-order valence-corrected chi connectivity index (χ2v) is 16.6. The molecule has 4 aliphatic heterocycles. The lowest BCUT2D eigenvalue weighted by atomic mass is 9.78. The number of amides is 2. The zero-order chi connectivity index (χ0) is 38.2. The van der Waals surface area contributed by atoms with Crippen molar-refractivity contribution >= 4 is 29.4 Å². The van der Waals surface area contributed by atoms with Crippen LogP contribution in [0.1, 0.15) is 86.9 Å². The van der Waals surface area contributed by atoms with Gasteiger partial charge in [-0.3, -0.25) is 14.6 Å². The van der Waals surface area contributed by atoms with Gasteiger partial charge in [0.15, 0.2) is 23.0 Å². The number of carbonyl (C=O) groups is 2. The fourth-order valence-electron chi connectivity index (χ4n) is 7.98. The highest BCUT2D eigenvalue weighted by atomic mass is 16.5. The van der Waals surface area contributed by atoms with E-state index in [9.17, 15) is 14.7 Å². The van der Waals surface area contributed by atoms with E-state index in [0.29, 0.717) is 72.5 Å². The highest BCUT2D eigenvalue weighted by molar-refractivity contribution is 6.04. The standard InChI is InChI=1S/C42H56N4O7/c1-26-16-28-22-43-31-20-37(35(50-8)18-29(31)39(48)45(28)23-26)53-25-42(5,6)12-11-41(3,4)13-15-52-38-21-33-30(19-36(38)51-9)40(49)46-24-27(2)17-34(46)32(10-14-47)44(33)7/h18-22,28,32,34,47H,1-2,10-17,23-25H2,3-9H3/t28?,32-,34?/m0/s1. The van der Waals surface area contributed by atoms with Gasteiger partial charge >= 0.3 is 0 Å². The van der Waals surface area contributed by atoms with Gasteiger partial charge < -0.3 is 38.8 Å². The first-order valence-corrected chi connectivity index (χ1v) is 18.7. The molecule has 3 atom stereocenters. The van der Waals surface area contributed by atoms with Crippen molar-refractivity contribution in [3.63, 3.8) is 0 Å². The molecule has 4 heterocycles. The summed E-state index contributed by atoms with van der Waals surface area (Å²) in [7, 11) is 5.17. The van der Waals surface area contributed by atoms with Crippen molar-refractivity contribution < 1.29 is 33.6 Å². The molecule has 0 aromatic heterocycles. The van der Waals surface area contributed by atoms with Crippen LogP contribution in [-0.2, 0) is 0 Å². The quantitative estimate of drug-likeness (QED) is 0.211. The molecule has 53 heavy (non-hydrogen) atoms. The Balaban J connectivity index is 1.07. The second kappa shape index (κ2) is 15.1. The predicted octanol–water partition coefficient (Wildman–Crippen LogP) is 6.84. The lowest BCUT2D eigenvalue weighted by molar-refractivity contribution is 0.0720. The molecule has 0 saturated carbocycles. The van der Waals surface area contributed by atoms with Gasteiger partial charge in [0.05, 0.1) is 68.1 Å². The van der Waals surface area contributed by atoms with Crippen molar-refractivity contribution in [2.75, 3.05) is 59.1 Å². The van der Waals surface area contributed by atoms with Crippen LogP contribution in [0.15, 0.2) is 53.6 Å². The number of ether oxygens (including phenoxy) is 4. The topological polar surface area (TPSA) is 113 Å². The molecule has 0 spiro atoms. The van der Waals surface area contributed by atoms with E-state index in [4.69, 9.17) is 18.9 Å². The number of aliphatic imine (C=N–C) groups is 1. The molecular weight excluding hydrogens is 672 g/mol. The maximum atomic E-state index is 13.8. The highest BCUT2D eigenvalue weighted by Gasteiger charge is 2.43. The van der Waals surface area contributed by atoms with Crippen molar-refractivity contribution in [3.8, 4) is 23.0 Å². The summed E-state index contributed by atoms with van der Waals surface area (Å²) in [6.45, 7) is 19.1. The van der Waals surface area contributed by atoms with Crippen LogP contribution >= 0.6 is 0 Å². The molecule has 2 aromatic rings. The minimum absolute atomic E-state index is 0.0299. The van der Waals surface area contributed by atoms with Crippen LogP contribution in [-0.4, -0.2) is 105 Å². The van der Waals surface area contributed by atoms with Gasteiger partial charge in [0.25, 0.3) is 11.8 Å². The van der Waals surface area contributed by atoms with E-state index in [-0.39, 0.29) is 47.4 Å². The summed E-state index contributed by atoms with van der Waals surface area (Å²) in [5.74, 6) is 2.07. The van der Waals surface area contributed by atoms with Crippen LogP contribution in [0.5, 0.6) is 23.0 Å². The number of likely N-dealkylation sites (N-methyl/N-ethyl adjacent to an activating group) is 1. The van der Waals surface area contributed by atoms with E-state index in [1.807, 2.05) is 35.2 Å². The summed E-state index contributed by atoms with van der Waals surface area (Å²) in [5, 5.41) is 9.91. The first-order valence-electron chi connectivity index (χ1n) is 18.7. The molecule has 4 aliphatic rings. The van der Waals surface area contributed by atoms with Crippen LogP contribution in [0.25, 0.3) is 0 Å². The Bertz CT molecular complexity index is 1800.